The second kappa shape index (κ2) is 13.0. The number of tetrazole rings is 1. The van der Waals surface area contributed by atoms with Crippen LogP contribution in [0.4, 0.5) is 10.5 Å². The van der Waals surface area contributed by atoms with Crippen molar-refractivity contribution in [3.63, 3.8) is 0 Å². The number of amides is 2. The number of carbonyl (C=O) groups is 2. The fraction of sp³-hybridized carbons (Fsp3) is 0.464. The number of ether oxygens (including phenoxy) is 1. The summed E-state index contributed by atoms with van der Waals surface area (Å²) in [5, 5.41) is 12.7. The molecule has 2 aliphatic rings. The van der Waals surface area contributed by atoms with Crippen molar-refractivity contribution in [2.75, 3.05) is 36.0 Å². The van der Waals surface area contributed by atoms with Gasteiger partial charge in [-0.2, -0.15) is 0 Å². The van der Waals surface area contributed by atoms with Crippen LogP contribution in [0.15, 0.2) is 54.6 Å². The number of carbonyl (C=O) groups excluding carboxylic acids is 2. The molecule has 0 unspecified atom stereocenters. The van der Waals surface area contributed by atoms with Crippen molar-refractivity contribution in [3.05, 3.63) is 66.0 Å². The molecule has 2 saturated heterocycles. The fourth-order valence-corrected chi connectivity index (χ4v) is 18.8. The molecule has 40 heavy (non-hydrogen) atoms. The van der Waals surface area contributed by atoms with Gasteiger partial charge in [0.05, 0.1) is 0 Å². The van der Waals surface area contributed by atoms with E-state index in [2.05, 4.69) is 59.7 Å². The van der Waals surface area contributed by atoms with Crippen LogP contribution in [0.2, 0.25) is 0 Å². The third-order valence-electron chi connectivity index (χ3n) is 6.64. The number of anilines is 1. The van der Waals surface area contributed by atoms with Gasteiger partial charge < -0.3 is 0 Å². The molecule has 5 rings (SSSR count). The summed E-state index contributed by atoms with van der Waals surface area (Å²) < 4.78 is 6.96. The van der Waals surface area contributed by atoms with Crippen molar-refractivity contribution in [1.82, 2.24) is 25.1 Å². The molecule has 2 amide bonds. The summed E-state index contributed by atoms with van der Waals surface area (Å²) >= 11 is -1.11. The van der Waals surface area contributed by atoms with Crippen LogP contribution in [0.1, 0.15) is 49.8 Å². The predicted octanol–water partition coefficient (Wildman–Crippen LogP) is 4.19. The van der Waals surface area contributed by atoms with Gasteiger partial charge in [0.2, 0.25) is 0 Å². The summed E-state index contributed by atoms with van der Waals surface area (Å²) in [6.07, 6.45) is 1.30. The summed E-state index contributed by atoms with van der Waals surface area (Å²) in [5.41, 5.74) is 1.35. The van der Waals surface area contributed by atoms with Gasteiger partial charge in [0.25, 0.3) is 0 Å². The molecule has 12 heteroatoms. The van der Waals surface area contributed by atoms with E-state index in [-0.39, 0.29) is 23.7 Å². The van der Waals surface area contributed by atoms with Crippen molar-refractivity contribution in [2.45, 2.75) is 45.8 Å². The molecular weight excluding hydrogens is 607 g/mol. The topological polar surface area (TPSA) is 93.5 Å². The monoisotopic (exact) mass is 642 g/mol. The summed E-state index contributed by atoms with van der Waals surface area (Å²) in [6, 6.07) is 18.4. The van der Waals surface area contributed by atoms with E-state index in [9.17, 15) is 9.59 Å². The quantitative estimate of drug-likeness (QED) is 0.355. The second-order valence-corrected chi connectivity index (χ2v) is 22.6. The maximum atomic E-state index is 13.8. The van der Waals surface area contributed by atoms with Crippen LogP contribution in [0.3, 0.4) is 0 Å². The Morgan fingerprint density at radius 3 is 2.35 bits per heavy atom. The predicted molar refractivity (Wildman–Crippen MR) is 162 cm³/mol. The molecule has 3 heterocycles. The van der Waals surface area contributed by atoms with Gasteiger partial charge in [0, 0.05) is 0 Å². The standard InChI is InChI=1S/C28H35AsN6O3S2/c1-28(2,3)38-27(37)33-15-13-22(14-16-33)19-34(24-11-9-23(10-12-24)29-39-17-18-40-29)26(36)25-30-32-35(31-25)20-21-7-5-4-6-8-21/h4-12,22H,13-20H2,1-3H3. The molecule has 0 N–H and O–H groups in total. The molecule has 2 aliphatic heterocycles. The first-order valence-corrected chi connectivity index (χ1v) is 20.9. The van der Waals surface area contributed by atoms with Gasteiger partial charge in [0.1, 0.15) is 5.60 Å². The molecule has 0 saturated carbocycles. The van der Waals surface area contributed by atoms with E-state index >= 15 is 0 Å². The molecule has 0 atom stereocenters. The van der Waals surface area contributed by atoms with E-state index in [0.717, 1.165) is 24.1 Å². The Morgan fingerprint density at radius 1 is 1.02 bits per heavy atom. The van der Waals surface area contributed by atoms with Gasteiger partial charge in [-0.3, -0.25) is 0 Å². The summed E-state index contributed by atoms with van der Waals surface area (Å²) in [5.74, 6) is 2.51. The van der Waals surface area contributed by atoms with E-state index < -0.39 is 17.9 Å². The number of hydrogen-bond donors (Lipinski definition) is 0. The van der Waals surface area contributed by atoms with Gasteiger partial charge in [-0.15, -0.1) is 0 Å². The van der Waals surface area contributed by atoms with Gasteiger partial charge in [-0.1, -0.05) is 18.2 Å². The molecule has 0 radical (unpaired) electrons. The average molecular weight is 643 g/mol. The zero-order chi connectivity index (χ0) is 28.1. The maximum absolute atomic E-state index is 13.8. The molecule has 2 aromatic carbocycles. The molecule has 0 bridgehead atoms. The summed E-state index contributed by atoms with van der Waals surface area (Å²) in [4.78, 5) is 31.4. The van der Waals surface area contributed by atoms with Crippen molar-refractivity contribution in [2.24, 2.45) is 5.92 Å². The van der Waals surface area contributed by atoms with E-state index in [4.69, 9.17) is 4.74 Å². The Bertz CT molecular complexity index is 1290. The minimum absolute atomic E-state index is 0.0861. The van der Waals surface area contributed by atoms with Gasteiger partial charge in [0.15, 0.2) is 0 Å². The van der Waals surface area contributed by atoms with E-state index in [0.29, 0.717) is 26.2 Å². The van der Waals surface area contributed by atoms with Crippen LogP contribution in [-0.4, -0.2) is 86.2 Å². The fourth-order valence-electron chi connectivity index (χ4n) is 4.63. The molecular formula is C28H35AsN6O3S2. The molecule has 1 aromatic heterocycles. The minimum atomic E-state index is -1.11. The van der Waals surface area contributed by atoms with Crippen molar-refractivity contribution < 1.29 is 14.3 Å². The van der Waals surface area contributed by atoms with Crippen molar-refractivity contribution in [1.29, 1.82) is 0 Å². The number of benzene rings is 2. The van der Waals surface area contributed by atoms with Crippen molar-refractivity contribution >= 4 is 54.4 Å². The van der Waals surface area contributed by atoms with Crippen LogP contribution < -0.4 is 9.25 Å². The first-order chi connectivity index (χ1) is 19.2. The zero-order valence-electron chi connectivity index (χ0n) is 23.1. The van der Waals surface area contributed by atoms with Crippen LogP contribution in [0.25, 0.3) is 0 Å². The molecule has 3 aromatic rings. The number of piperidine rings is 1. The molecule has 212 valence electrons. The third-order valence-corrected chi connectivity index (χ3v) is 20.4. The van der Waals surface area contributed by atoms with Gasteiger partial charge in [-0.25, -0.2) is 0 Å². The van der Waals surface area contributed by atoms with Crippen molar-refractivity contribution in [3.8, 4) is 0 Å². The zero-order valence-corrected chi connectivity index (χ0v) is 26.6. The Labute approximate surface area is 246 Å². The Morgan fingerprint density at radius 2 is 1.70 bits per heavy atom. The Balaban J connectivity index is 1.30. The van der Waals surface area contributed by atoms with E-state index in [1.54, 1.807) is 9.80 Å². The van der Waals surface area contributed by atoms with Crippen LogP contribution >= 0.6 is 20.0 Å². The third kappa shape index (κ3) is 7.62. The van der Waals surface area contributed by atoms with Crippen LogP contribution in [-0.2, 0) is 11.3 Å². The van der Waals surface area contributed by atoms with Gasteiger partial charge >= 0.3 is 203 Å². The molecule has 9 nitrogen and oxygen atoms in total. The normalized spacial score (nSPS) is 16.7. The number of rotatable bonds is 7. The first-order valence-electron chi connectivity index (χ1n) is 13.5. The number of aromatic nitrogens is 4. The second-order valence-electron chi connectivity index (χ2n) is 10.9. The molecule has 0 spiro atoms. The first kappa shape index (κ1) is 29.0. The number of nitrogens with zero attached hydrogens (tertiary/aromatic N) is 6. The SMILES string of the molecule is CC(C)(C)OC(=O)N1CCC(CN(C(=O)c2nnn(Cc3ccccc3)n2)c2ccc([As]3SCCS3)cc2)CC1. The number of likely N-dealkylation sites (tertiary alicyclic amines) is 1. The Kier molecular flexibility index (Phi) is 9.43. The molecule has 0 aliphatic carbocycles. The van der Waals surface area contributed by atoms with Crippen LogP contribution in [0, 0.1) is 5.92 Å². The average Bonchev–Trinajstić information content (AvgIpc) is 3.65. The van der Waals surface area contributed by atoms with E-state index in [1.807, 2.05) is 51.1 Å². The van der Waals surface area contributed by atoms with Gasteiger partial charge in [-0.05, 0) is 20.8 Å². The Hall–Kier alpha value is -2.49. The van der Waals surface area contributed by atoms with Crippen LogP contribution in [0.5, 0.6) is 0 Å². The number of hydrogen-bond acceptors (Lipinski definition) is 8. The summed E-state index contributed by atoms with van der Waals surface area (Å²) in [7, 11) is 4.21. The van der Waals surface area contributed by atoms with E-state index in [1.165, 1.54) is 20.7 Å². The summed E-state index contributed by atoms with van der Waals surface area (Å²) in [6.45, 7) is 7.82. The molecule has 2 fully saturated rings.